The summed E-state index contributed by atoms with van der Waals surface area (Å²) in [5, 5.41) is 13.7. The molecule has 1 saturated carbocycles. The zero-order chi connectivity index (χ0) is 24.2. The Bertz CT molecular complexity index is 907. The number of carbonyl (C=O) groups is 2. The Morgan fingerprint density at radius 2 is 1.88 bits per heavy atom. The molecule has 1 aromatic rings. The molecule has 2 aliphatic heterocycles. The number of carbonyl (C=O) groups excluding carboxylic acids is 2. The third kappa shape index (κ3) is 5.61. The number of benzene rings is 1. The van der Waals surface area contributed by atoms with Gasteiger partial charge in [0.05, 0.1) is 17.7 Å². The van der Waals surface area contributed by atoms with Crippen LogP contribution in [0.2, 0.25) is 0 Å². The zero-order valence-corrected chi connectivity index (χ0v) is 20.7. The molecule has 2 N–H and O–H groups in total. The summed E-state index contributed by atoms with van der Waals surface area (Å²) in [4.78, 5) is 37.8. The van der Waals surface area contributed by atoms with Gasteiger partial charge in [0.2, 0.25) is 12.1 Å². The number of rotatable bonds is 8. The number of nitrogens with zero attached hydrogens (tertiary/aromatic N) is 4. The van der Waals surface area contributed by atoms with E-state index < -0.39 is 18.2 Å². The predicted molar refractivity (Wildman–Crippen MR) is 134 cm³/mol. The second-order valence-electron chi connectivity index (χ2n) is 10.1. The van der Waals surface area contributed by atoms with Crippen LogP contribution < -0.4 is 10.2 Å². The number of hydrogen-bond donors (Lipinski definition) is 2. The SMILES string of the molecule is CCCCC(O)C(CC1CC1)C(=O)N[C@H]1N=C(N2CCN(C)CC2)c2ccccc2N(C)C1=O. The number of amides is 2. The second kappa shape index (κ2) is 10.9. The molecule has 0 spiro atoms. The molecule has 4 rings (SSSR count). The summed E-state index contributed by atoms with van der Waals surface area (Å²) in [6.07, 6.45) is 3.62. The van der Waals surface area contributed by atoms with E-state index in [0.29, 0.717) is 18.8 Å². The van der Waals surface area contributed by atoms with Crippen molar-refractivity contribution in [3.05, 3.63) is 29.8 Å². The molecule has 2 unspecified atom stereocenters. The van der Waals surface area contributed by atoms with E-state index in [1.807, 2.05) is 24.3 Å². The number of fused-ring (bicyclic) bond motifs is 1. The van der Waals surface area contributed by atoms with Gasteiger partial charge in [0.15, 0.2) is 0 Å². The highest BCUT2D eigenvalue weighted by atomic mass is 16.3. The molecular formula is C26H39N5O3. The third-order valence-electron chi connectivity index (χ3n) is 7.34. The minimum absolute atomic E-state index is 0.266. The largest absolute Gasteiger partial charge is 0.392 e. The maximum Gasteiger partial charge on any atom is 0.272 e. The number of aliphatic hydroxyl groups is 1. The van der Waals surface area contributed by atoms with Gasteiger partial charge >= 0.3 is 0 Å². The van der Waals surface area contributed by atoms with E-state index in [1.54, 1.807) is 11.9 Å². The Labute approximate surface area is 203 Å². The van der Waals surface area contributed by atoms with Gasteiger partial charge in [0.1, 0.15) is 5.84 Å². The topological polar surface area (TPSA) is 88.5 Å². The van der Waals surface area contributed by atoms with Gasteiger partial charge in [0.25, 0.3) is 5.91 Å². The van der Waals surface area contributed by atoms with E-state index in [2.05, 4.69) is 29.1 Å². The molecule has 8 heteroatoms. The second-order valence-corrected chi connectivity index (χ2v) is 10.1. The maximum absolute atomic E-state index is 13.4. The fraction of sp³-hybridized carbons (Fsp3) is 0.654. The first-order valence-corrected chi connectivity index (χ1v) is 12.8. The van der Waals surface area contributed by atoms with Gasteiger partial charge in [-0.25, -0.2) is 4.99 Å². The normalized spacial score (nSPS) is 23.1. The first kappa shape index (κ1) is 24.7. The quantitative estimate of drug-likeness (QED) is 0.609. The number of amidine groups is 1. The van der Waals surface area contributed by atoms with E-state index in [1.165, 1.54) is 0 Å². The number of anilines is 1. The molecule has 0 bridgehead atoms. The molecule has 0 aromatic heterocycles. The third-order valence-corrected chi connectivity index (χ3v) is 7.34. The van der Waals surface area contributed by atoms with E-state index in [9.17, 15) is 14.7 Å². The fourth-order valence-corrected chi connectivity index (χ4v) is 4.88. The van der Waals surface area contributed by atoms with Crippen molar-refractivity contribution in [2.75, 3.05) is 45.2 Å². The van der Waals surface area contributed by atoms with Crippen molar-refractivity contribution in [2.24, 2.45) is 16.8 Å². The molecule has 2 amide bonds. The lowest BCUT2D eigenvalue weighted by atomic mass is 9.91. The number of piperazine rings is 1. The van der Waals surface area contributed by atoms with Gasteiger partial charge in [-0.1, -0.05) is 44.7 Å². The van der Waals surface area contributed by atoms with Crippen LogP contribution in [0.15, 0.2) is 29.3 Å². The smallest absolute Gasteiger partial charge is 0.272 e. The molecule has 2 heterocycles. The van der Waals surface area contributed by atoms with Crippen LogP contribution in [0.5, 0.6) is 0 Å². The Kier molecular flexibility index (Phi) is 7.88. The molecule has 34 heavy (non-hydrogen) atoms. The fourth-order valence-electron chi connectivity index (χ4n) is 4.88. The summed E-state index contributed by atoms with van der Waals surface area (Å²) in [6, 6.07) is 7.79. The zero-order valence-electron chi connectivity index (χ0n) is 20.7. The Morgan fingerprint density at radius 1 is 1.18 bits per heavy atom. The summed E-state index contributed by atoms with van der Waals surface area (Å²) in [5.41, 5.74) is 1.69. The van der Waals surface area contributed by atoms with E-state index in [4.69, 9.17) is 4.99 Å². The molecule has 186 valence electrons. The monoisotopic (exact) mass is 469 g/mol. The van der Waals surface area contributed by atoms with Gasteiger partial charge in [-0.05, 0) is 37.9 Å². The van der Waals surface area contributed by atoms with Gasteiger partial charge in [-0.3, -0.25) is 9.59 Å². The first-order valence-electron chi connectivity index (χ1n) is 12.8. The minimum Gasteiger partial charge on any atom is -0.392 e. The van der Waals surface area contributed by atoms with Gasteiger partial charge < -0.3 is 25.1 Å². The number of unbranched alkanes of at least 4 members (excludes halogenated alkanes) is 1. The first-order chi connectivity index (χ1) is 16.4. The van der Waals surface area contributed by atoms with Crippen LogP contribution in [0.25, 0.3) is 0 Å². The van der Waals surface area contributed by atoms with Gasteiger partial charge in [-0.15, -0.1) is 0 Å². The van der Waals surface area contributed by atoms with Gasteiger partial charge in [0, 0.05) is 38.8 Å². The Hall–Kier alpha value is -2.45. The van der Waals surface area contributed by atoms with E-state index >= 15 is 0 Å². The van der Waals surface area contributed by atoms with Crippen LogP contribution in [-0.4, -0.2) is 85.1 Å². The highest BCUT2D eigenvalue weighted by Gasteiger charge is 2.37. The molecule has 3 aliphatic rings. The van der Waals surface area contributed by atoms with Crippen molar-refractivity contribution < 1.29 is 14.7 Å². The molecule has 8 nitrogen and oxygen atoms in total. The van der Waals surface area contributed by atoms with Gasteiger partial charge in [-0.2, -0.15) is 0 Å². The molecule has 0 radical (unpaired) electrons. The molecule has 1 aliphatic carbocycles. The molecule has 1 aromatic carbocycles. The van der Waals surface area contributed by atoms with Crippen LogP contribution in [0.3, 0.4) is 0 Å². The van der Waals surface area contributed by atoms with Crippen molar-refractivity contribution in [2.45, 2.75) is 57.7 Å². The standard InChI is InChI=1S/C26H39N5O3/c1-4-5-10-22(32)20(17-18-11-12-18)25(33)28-23-26(34)30(3)21-9-7-6-8-19(21)24(27-23)31-15-13-29(2)14-16-31/h6-9,18,20,22-23,32H,4-5,10-17H2,1-3H3,(H,28,33)/t20?,22?,23-/m1/s1. The summed E-state index contributed by atoms with van der Waals surface area (Å²) < 4.78 is 0. The van der Waals surface area contributed by atoms with Crippen molar-refractivity contribution in [3.63, 3.8) is 0 Å². The van der Waals surface area contributed by atoms with Crippen molar-refractivity contribution >= 4 is 23.3 Å². The van der Waals surface area contributed by atoms with Crippen LogP contribution in [0.4, 0.5) is 5.69 Å². The molecule has 2 fully saturated rings. The van der Waals surface area contributed by atoms with E-state index in [-0.39, 0.29) is 11.8 Å². The predicted octanol–water partition coefficient (Wildman–Crippen LogP) is 2.07. The average molecular weight is 470 g/mol. The summed E-state index contributed by atoms with van der Waals surface area (Å²) in [6.45, 7) is 5.52. The summed E-state index contributed by atoms with van der Waals surface area (Å²) in [7, 11) is 3.84. The van der Waals surface area contributed by atoms with Crippen LogP contribution in [0.1, 0.15) is 51.0 Å². The summed E-state index contributed by atoms with van der Waals surface area (Å²) in [5.74, 6) is 0.197. The van der Waals surface area contributed by atoms with Crippen molar-refractivity contribution in [1.29, 1.82) is 0 Å². The Balaban J connectivity index is 1.61. The highest BCUT2D eigenvalue weighted by molar-refractivity contribution is 6.12. The maximum atomic E-state index is 13.4. The average Bonchev–Trinajstić information content (AvgIpc) is 3.68. The lowest BCUT2D eigenvalue weighted by molar-refractivity contribution is -0.133. The number of aliphatic imine (C=N–C) groups is 1. The lowest BCUT2D eigenvalue weighted by Crippen LogP contribution is -2.50. The van der Waals surface area contributed by atoms with Crippen molar-refractivity contribution in [1.82, 2.24) is 15.1 Å². The van der Waals surface area contributed by atoms with Crippen LogP contribution in [0, 0.1) is 11.8 Å². The minimum atomic E-state index is -1.01. The highest BCUT2D eigenvalue weighted by Crippen LogP contribution is 2.37. The van der Waals surface area contributed by atoms with Crippen LogP contribution >= 0.6 is 0 Å². The number of hydrogen-bond acceptors (Lipinski definition) is 6. The number of para-hydroxylation sites is 1. The molecular weight excluding hydrogens is 430 g/mol. The molecule has 1 saturated heterocycles. The number of likely N-dealkylation sites (N-methyl/N-ethyl adjacent to an activating group) is 2. The number of nitrogens with one attached hydrogen (secondary N) is 1. The number of benzodiazepines with no additional fused rings is 1. The lowest BCUT2D eigenvalue weighted by Gasteiger charge is -2.35. The number of aliphatic hydroxyl groups excluding tert-OH is 1. The summed E-state index contributed by atoms with van der Waals surface area (Å²) >= 11 is 0. The van der Waals surface area contributed by atoms with Crippen molar-refractivity contribution in [3.8, 4) is 0 Å². The molecule has 3 atom stereocenters. The van der Waals surface area contributed by atoms with Crippen LogP contribution in [-0.2, 0) is 9.59 Å². The van der Waals surface area contributed by atoms with E-state index in [0.717, 1.165) is 68.9 Å². The Morgan fingerprint density at radius 3 is 2.56 bits per heavy atom.